The molecule has 2 fully saturated rings. The third-order valence-corrected chi connectivity index (χ3v) is 6.04. The second-order valence-electron chi connectivity index (χ2n) is 7.82. The van der Waals surface area contributed by atoms with Gasteiger partial charge in [-0.05, 0) is 38.5 Å². The Labute approximate surface area is 135 Å². The van der Waals surface area contributed by atoms with Crippen LogP contribution in [0.3, 0.4) is 0 Å². The molecular weight excluding hydrogens is 290 g/mol. The Morgan fingerprint density at radius 3 is 2.78 bits per heavy atom. The van der Waals surface area contributed by atoms with Crippen LogP contribution < -0.4 is 0 Å². The molecule has 122 valence electrons. The fraction of sp³-hybridized carbons (Fsp3) is 0.765. The minimum Gasteiger partial charge on any atom is -0.339 e. The monoisotopic (exact) mass is 313 g/mol. The van der Waals surface area contributed by atoms with E-state index in [2.05, 4.69) is 27.1 Å². The molecule has 0 aromatic carbocycles. The Kier molecular flexibility index (Phi) is 2.91. The highest BCUT2D eigenvalue weighted by atomic mass is 16.5. The lowest BCUT2D eigenvalue weighted by atomic mass is 9.89. The molecule has 5 rings (SSSR count). The summed E-state index contributed by atoms with van der Waals surface area (Å²) in [6.07, 6.45) is 10.4. The molecule has 1 atom stereocenters. The lowest BCUT2D eigenvalue weighted by Crippen LogP contribution is -2.18. The minimum absolute atomic E-state index is 0.175. The maximum atomic E-state index is 5.62. The van der Waals surface area contributed by atoms with Gasteiger partial charge in [0.05, 0.1) is 17.4 Å². The Morgan fingerprint density at radius 1 is 1.17 bits per heavy atom. The fourth-order valence-corrected chi connectivity index (χ4v) is 4.11. The number of nitrogens with zero attached hydrogens (tertiary/aromatic N) is 5. The van der Waals surface area contributed by atoms with Crippen LogP contribution in [0.15, 0.2) is 4.52 Å². The van der Waals surface area contributed by atoms with Gasteiger partial charge in [0.1, 0.15) is 0 Å². The molecule has 2 aromatic rings. The van der Waals surface area contributed by atoms with Crippen molar-refractivity contribution in [3.05, 3.63) is 23.1 Å². The van der Waals surface area contributed by atoms with Crippen LogP contribution in [-0.2, 0) is 18.3 Å². The van der Waals surface area contributed by atoms with Crippen molar-refractivity contribution in [2.45, 2.75) is 82.1 Å². The summed E-state index contributed by atoms with van der Waals surface area (Å²) in [5.41, 5.74) is 2.67. The SMILES string of the molecule is CC1(c2noc(C3CCc4nnn(C5CCCC5)c4C3)n2)CC1. The highest BCUT2D eigenvalue weighted by Crippen LogP contribution is 2.46. The van der Waals surface area contributed by atoms with Gasteiger partial charge in [-0.3, -0.25) is 0 Å². The van der Waals surface area contributed by atoms with Crippen molar-refractivity contribution >= 4 is 0 Å². The summed E-state index contributed by atoms with van der Waals surface area (Å²) in [6.45, 7) is 2.22. The first kappa shape index (κ1) is 13.7. The van der Waals surface area contributed by atoms with Gasteiger partial charge in [-0.25, -0.2) is 4.68 Å². The highest BCUT2D eigenvalue weighted by Gasteiger charge is 2.44. The maximum absolute atomic E-state index is 5.62. The van der Waals surface area contributed by atoms with E-state index >= 15 is 0 Å². The van der Waals surface area contributed by atoms with Crippen molar-refractivity contribution in [3.8, 4) is 0 Å². The molecule has 3 aliphatic carbocycles. The summed E-state index contributed by atoms with van der Waals surface area (Å²) >= 11 is 0. The summed E-state index contributed by atoms with van der Waals surface area (Å²) in [7, 11) is 0. The fourth-order valence-electron chi connectivity index (χ4n) is 4.11. The van der Waals surface area contributed by atoms with Crippen molar-refractivity contribution < 1.29 is 4.52 Å². The molecule has 2 heterocycles. The van der Waals surface area contributed by atoms with Crippen LogP contribution in [0.5, 0.6) is 0 Å². The molecule has 3 aliphatic rings. The van der Waals surface area contributed by atoms with Gasteiger partial charge in [-0.1, -0.05) is 30.1 Å². The van der Waals surface area contributed by atoms with Gasteiger partial charge in [0.25, 0.3) is 0 Å². The predicted molar refractivity (Wildman–Crippen MR) is 83.2 cm³/mol. The molecule has 0 bridgehead atoms. The number of rotatable bonds is 3. The van der Waals surface area contributed by atoms with E-state index in [9.17, 15) is 0 Å². The first-order valence-corrected chi connectivity index (χ1v) is 9.00. The van der Waals surface area contributed by atoms with Gasteiger partial charge in [-0.2, -0.15) is 4.98 Å². The zero-order valence-corrected chi connectivity index (χ0v) is 13.7. The molecule has 2 aromatic heterocycles. The summed E-state index contributed by atoms with van der Waals surface area (Å²) in [6, 6.07) is 0.550. The number of hydrogen-bond acceptors (Lipinski definition) is 5. The van der Waals surface area contributed by atoms with E-state index in [0.29, 0.717) is 12.0 Å². The molecule has 0 amide bonds. The molecule has 0 N–H and O–H groups in total. The van der Waals surface area contributed by atoms with Crippen LogP contribution in [0.2, 0.25) is 0 Å². The zero-order valence-electron chi connectivity index (χ0n) is 13.7. The Bertz CT molecular complexity index is 723. The molecular formula is C17H23N5O. The number of fused-ring (bicyclic) bond motifs is 1. The van der Waals surface area contributed by atoms with Crippen LogP contribution >= 0.6 is 0 Å². The van der Waals surface area contributed by atoms with Crippen molar-refractivity contribution in [1.82, 2.24) is 25.1 Å². The Morgan fingerprint density at radius 2 is 2.00 bits per heavy atom. The van der Waals surface area contributed by atoms with Crippen LogP contribution in [0.25, 0.3) is 0 Å². The first-order chi connectivity index (χ1) is 11.2. The normalized spacial score (nSPS) is 26.4. The second kappa shape index (κ2) is 4.89. The number of aromatic nitrogens is 5. The molecule has 0 radical (unpaired) electrons. The van der Waals surface area contributed by atoms with Crippen molar-refractivity contribution in [1.29, 1.82) is 0 Å². The molecule has 1 unspecified atom stereocenters. The molecule has 6 nitrogen and oxygen atoms in total. The number of hydrogen-bond donors (Lipinski definition) is 0. The highest BCUT2D eigenvalue weighted by molar-refractivity contribution is 5.21. The molecule has 0 aliphatic heterocycles. The Hall–Kier alpha value is -1.72. The quantitative estimate of drug-likeness (QED) is 0.871. The second-order valence-corrected chi connectivity index (χ2v) is 7.82. The van der Waals surface area contributed by atoms with Gasteiger partial charge in [-0.15, -0.1) is 5.10 Å². The van der Waals surface area contributed by atoms with Crippen molar-refractivity contribution in [3.63, 3.8) is 0 Å². The molecule has 0 saturated heterocycles. The Balaban J connectivity index is 1.41. The molecule has 0 spiro atoms. The average molecular weight is 313 g/mol. The standard InChI is InChI=1S/C17H23N5O/c1-17(8-9-17)16-18-15(23-20-16)11-6-7-13-14(10-11)22(21-19-13)12-4-2-3-5-12/h11-12H,2-10H2,1H3. The van der Waals surface area contributed by atoms with E-state index in [-0.39, 0.29) is 5.41 Å². The number of aryl methyl sites for hydroxylation is 1. The van der Waals surface area contributed by atoms with E-state index in [4.69, 9.17) is 9.51 Å². The topological polar surface area (TPSA) is 69.6 Å². The molecule has 6 heteroatoms. The van der Waals surface area contributed by atoms with E-state index < -0.39 is 0 Å². The predicted octanol–water partition coefficient (Wildman–Crippen LogP) is 3.10. The average Bonchev–Trinajstić information content (AvgIpc) is 3.07. The summed E-state index contributed by atoms with van der Waals surface area (Å²) in [5, 5.41) is 13.1. The summed E-state index contributed by atoms with van der Waals surface area (Å²) < 4.78 is 7.82. The summed E-state index contributed by atoms with van der Waals surface area (Å²) in [5.74, 6) is 2.04. The van der Waals surface area contributed by atoms with Gasteiger partial charge in [0.15, 0.2) is 5.82 Å². The maximum Gasteiger partial charge on any atom is 0.230 e. The van der Waals surface area contributed by atoms with Crippen LogP contribution in [0, 0.1) is 0 Å². The van der Waals surface area contributed by atoms with Crippen LogP contribution in [-0.4, -0.2) is 25.1 Å². The lowest BCUT2D eigenvalue weighted by molar-refractivity contribution is 0.329. The third kappa shape index (κ3) is 2.22. The van der Waals surface area contributed by atoms with Crippen LogP contribution in [0.1, 0.15) is 86.9 Å². The van der Waals surface area contributed by atoms with Gasteiger partial charge in [0.2, 0.25) is 5.89 Å². The van der Waals surface area contributed by atoms with E-state index in [1.807, 2.05) is 0 Å². The zero-order chi connectivity index (χ0) is 15.4. The summed E-state index contributed by atoms with van der Waals surface area (Å²) in [4.78, 5) is 4.72. The minimum atomic E-state index is 0.175. The van der Waals surface area contributed by atoms with Gasteiger partial charge in [0, 0.05) is 17.8 Å². The van der Waals surface area contributed by atoms with E-state index in [1.165, 1.54) is 49.9 Å². The van der Waals surface area contributed by atoms with Crippen molar-refractivity contribution in [2.75, 3.05) is 0 Å². The van der Waals surface area contributed by atoms with Gasteiger partial charge >= 0.3 is 0 Å². The van der Waals surface area contributed by atoms with E-state index in [0.717, 1.165) is 31.0 Å². The smallest absolute Gasteiger partial charge is 0.230 e. The lowest BCUT2D eigenvalue weighted by Gasteiger charge is -2.21. The van der Waals surface area contributed by atoms with Crippen LogP contribution in [0.4, 0.5) is 0 Å². The first-order valence-electron chi connectivity index (χ1n) is 9.00. The van der Waals surface area contributed by atoms with Crippen molar-refractivity contribution in [2.24, 2.45) is 0 Å². The van der Waals surface area contributed by atoms with Gasteiger partial charge < -0.3 is 4.52 Å². The third-order valence-electron chi connectivity index (χ3n) is 6.04. The van der Waals surface area contributed by atoms with E-state index in [1.54, 1.807) is 0 Å². The molecule has 2 saturated carbocycles. The largest absolute Gasteiger partial charge is 0.339 e. The molecule has 23 heavy (non-hydrogen) atoms.